The van der Waals surface area contributed by atoms with Crippen molar-refractivity contribution in [3.05, 3.63) is 59.7 Å². The van der Waals surface area contributed by atoms with Crippen LogP contribution in [0.5, 0.6) is 11.5 Å². The van der Waals surface area contributed by atoms with Gasteiger partial charge in [0.15, 0.2) is 6.10 Å². The number of carboxylic acids is 1. The molecule has 0 spiro atoms. The molecule has 0 bridgehead atoms. The topological polar surface area (TPSA) is 99.1 Å². The average molecular weight is 394 g/mol. The fourth-order valence-corrected chi connectivity index (χ4v) is 2.84. The third kappa shape index (κ3) is 7.28. The number of rotatable bonds is 10. The van der Waals surface area contributed by atoms with Crippen molar-refractivity contribution >= 4 is 16.1 Å². The van der Waals surface area contributed by atoms with Crippen LogP contribution in [0.1, 0.15) is 11.1 Å². The fourth-order valence-electron chi connectivity index (χ4n) is 2.38. The van der Waals surface area contributed by atoms with Gasteiger partial charge in [-0.1, -0.05) is 24.3 Å². The number of aliphatic carboxylic acids is 1. The lowest BCUT2D eigenvalue weighted by Gasteiger charge is -2.11. The summed E-state index contributed by atoms with van der Waals surface area (Å²) < 4.78 is 37.5. The SMILES string of the molecule is CO[C@@H](Cc1ccc(OCCc2ccc(OS(C)(=O)=O)cc2)cc1)C(=O)O. The third-order valence-corrected chi connectivity index (χ3v) is 4.23. The van der Waals surface area contributed by atoms with Gasteiger partial charge in [-0.05, 0) is 35.4 Å². The maximum Gasteiger partial charge on any atom is 0.333 e. The highest BCUT2D eigenvalue weighted by Gasteiger charge is 2.16. The molecule has 1 N–H and O–H groups in total. The molecule has 0 fully saturated rings. The van der Waals surface area contributed by atoms with Crippen LogP contribution in [0.3, 0.4) is 0 Å². The normalized spacial score (nSPS) is 12.4. The molecule has 146 valence electrons. The van der Waals surface area contributed by atoms with Gasteiger partial charge in [0.05, 0.1) is 12.9 Å². The number of benzene rings is 2. The lowest BCUT2D eigenvalue weighted by molar-refractivity contribution is -0.148. The predicted octanol–water partition coefficient (Wildman–Crippen LogP) is 2.29. The summed E-state index contributed by atoms with van der Waals surface area (Å²) in [5.74, 6) is -0.0423. The lowest BCUT2D eigenvalue weighted by Crippen LogP contribution is -2.24. The van der Waals surface area contributed by atoms with E-state index in [1.54, 1.807) is 36.4 Å². The van der Waals surface area contributed by atoms with Crippen molar-refractivity contribution in [3.8, 4) is 11.5 Å². The van der Waals surface area contributed by atoms with Gasteiger partial charge >= 0.3 is 16.1 Å². The minimum absolute atomic E-state index is 0.272. The Morgan fingerprint density at radius 1 is 1.00 bits per heavy atom. The van der Waals surface area contributed by atoms with Crippen molar-refractivity contribution in [2.75, 3.05) is 20.0 Å². The van der Waals surface area contributed by atoms with Crippen molar-refractivity contribution < 1.29 is 32.0 Å². The van der Waals surface area contributed by atoms with E-state index in [9.17, 15) is 13.2 Å². The smallest absolute Gasteiger partial charge is 0.333 e. The predicted molar refractivity (Wildman–Crippen MR) is 99.7 cm³/mol. The lowest BCUT2D eigenvalue weighted by atomic mass is 10.1. The fraction of sp³-hybridized carbons (Fsp3) is 0.316. The van der Waals surface area contributed by atoms with Crippen LogP contribution in [0, 0.1) is 0 Å². The standard InChI is InChI=1S/C19H22O7S/c1-24-18(19(20)21)13-15-5-7-16(8-6-15)25-12-11-14-3-9-17(10-4-14)26-27(2,22)23/h3-10,18H,11-13H2,1-2H3,(H,20,21)/t18-/m0/s1. The largest absolute Gasteiger partial charge is 0.493 e. The molecule has 0 saturated carbocycles. The first kappa shape index (κ1) is 20.7. The van der Waals surface area contributed by atoms with Crippen LogP contribution in [-0.2, 0) is 32.5 Å². The maximum absolute atomic E-state index is 11.1. The first-order valence-corrected chi connectivity index (χ1v) is 10.0. The van der Waals surface area contributed by atoms with E-state index in [0.29, 0.717) is 18.8 Å². The molecule has 7 nitrogen and oxygen atoms in total. The highest BCUT2D eigenvalue weighted by atomic mass is 32.2. The third-order valence-electron chi connectivity index (χ3n) is 3.73. The van der Waals surface area contributed by atoms with Crippen LogP contribution in [0.25, 0.3) is 0 Å². The molecule has 0 aliphatic rings. The van der Waals surface area contributed by atoms with Crippen molar-refractivity contribution in [2.45, 2.75) is 18.9 Å². The van der Waals surface area contributed by atoms with Crippen LogP contribution >= 0.6 is 0 Å². The van der Waals surface area contributed by atoms with Gasteiger partial charge in [-0.15, -0.1) is 0 Å². The zero-order chi connectivity index (χ0) is 19.9. The van der Waals surface area contributed by atoms with Gasteiger partial charge in [-0.2, -0.15) is 8.42 Å². The van der Waals surface area contributed by atoms with Gasteiger partial charge in [0, 0.05) is 20.0 Å². The van der Waals surface area contributed by atoms with Crippen LogP contribution in [-0.4, -0.2) is 45.6 Å². The Labute approximate surface area is 158 Å². The highest BCUT2D eigenvalue weighted by molar-refractivity contribution is 7.86. The Bertz CT molecular complexity index is 843. The van der Waals surface area contributed by atoms with E-state index in [4.69, 9.17) is 18.8 Å². The van der Waals surface area contributed by atoms with Crippen LogP contribution in [0.15, 0.2) is 48.5 Å². The number of carbonyl (C=O) groups is 1. The number of ether oxygens (including phenoxy) is 2. The molecule has 1 atom stereocenters. The molecule has 2 rings (SSSR count). The molecule has 0 saturated heterocycles. The molecule has 0 aromatic heterocycles. The molecule has 0 heterocycles. The minimum atomic E-state index is -3.53. The van der Waals surface area contributed by atoms with Crippen LogP contribution in [0.4, 0.5) is 0 Å². The maximum atomic E-state index is 11.1. The summed E-state index contributed by atoms with van der Waals surface area (Å²) in [7, 11) is -2.15. The molecule has 8 heteroatoms. The number of hydrogen-bond acceptors (Lipinski definition) is 6. The van der Waals surface area contributed by atoms with Crippen LogP contribution in [0.2, 0.25) is 0 Å². The summed E-state index contributed by atoms with van der Waals surface area (Å²) in [5.41, 5.74) is 1.83. The van der Waals surface area contributed by atoms with E-state index < -0.39 is 22.2 Å². The first-order chi connectivity index (χ1) is 12.8. The van der Waals surface area contributed by atoms with Crippen molar-refractivity contribution in [1.29, 1.82) is 0 Å². The van der Waals surface area contributed by atoms with Gasteiger partial charge in [-0.25, -0.2) is 4.79 Å². The summed E-state index contributed by atoms with van der Waals surface area (Å²) in [6.07, 6.45) is 1.06. The summed E-state index contributed by atoms with van der Waals surface area (Å²) in [5, 5.41) is 9.00. The monoisotopic (exact) mass is 394 g/mol. The second kappa shape index (κ2) is 9.38. The van der Waals surface area contributed by atoms with Gasteiger partial charge in [0.25, 0.3) is 0 Å². The van der Waals surface area contributed by atoms with Gasteiger partial charge < -0.3 is 18.8 Å². The Kier molecular flexibility index (Phi) is 7.20. The second-order valence-corrected chi connectivity index (χ2v) is 7.52. The molecule has 0 aliphatic heterocycles. The molecule has 2 aromatic carbocycles. The number of carboxylic acid groups (broad SMARTS) is 1. The molecule has 0 unspecified atom stereocenters. The minimum Gasteiger partial charge on any atom is -0.493 e. The van der Waals surface area contributed by atoms with Crippen molar-refractivity contribution in [2.24, 2.45) is 0 Å². The number of methoxy groups -OCH3 is 1. The van der Waals surface area contributed by atoms with E-state index in [1.165, 1.54) is 7.11 Å². The summed E-state index contributed by atoms with van der Waals surface area (Å²) in [4.78, 5) is 11.0. The van der Waals surface area contributed by atoms with E-state index in [0.717, 1.165) is 17.4 Å². The van der Waals surface area contributed by atoms with E-state index in [1.807, 2.05) is 12.1 Å². The summed E-state index contributed by atoms with van der Waals surface area (Å²) in [6.45, 7) is 0.446. The zero-order valence-electron chi connectivity index (χ0n) is 15.1. The molecule has 0 amide bonds. The molecular weight excluding hydrogens is 372 g/mol. The summed E-state index contributed by atoms with van der Waals surface area (Å²) >= 11 is 0. The molecule has 0 aliphatic carbocycles. The van der Waals surface area contributed by atoms with Crippen molar-refractivity contribution in [3.63, 3.8) is 0 Å². The average Bonchev–Trinajstić information content (AvgIpc) is 2.61. The highest BCUT2D eigenvalue weighted by Crippen LogP contribution is 2.17. The van der Waals surface area contributed by atoms with Gasteiger partial charge in [0.2, 0.25) is 0 Å². The number of hydrogen-bond donors (Lipinski definition) is 1. The molecular formula is C19H22O7S. The first-order valence-electron chi connectivity index (χ1n) is 8.22. The molecule has 27 heavy (non-hydrogen) atoms. The second-order valence-electron chi connectivity index (χ2n) is 5.94. The van der Waals surface area contributed by atoms with Gasteiger partial charge in [-0.3, -0.25) is 0 Å². The molecule has 0 radical (unpaired) electrons. The quantitative estimate of drug-likeness (QED) is 0.617. The Morgan fingerprint density at radius 2 is 1.56 bits per heavy atom. The Balaban J connectivity index is 1.82. The molecule has 2 aromatic rings. The van der Waals surface area contributed by atoms with E-state index >= 15 is 0 Å². The zero-order valence-corrected chi connectivity index (χ0v) is 15.9. The van der Waals surface area contributed by atoms with Gasteiger partial charge in [0.1, 0.15) is 11.5 Å². The summed E-state index contributed by atoms with van der Waals surface area (Å²) in [6, 6.07) is 13.9. The Morgan fingerprint density at radius 3 is 2.07 bits per heavy atom. The Hall–Kier alpha value is -2.58. The van der Waals surface area contributed by atoms with E-state index in [2.05, 4.69) is 0 Å². The van der Waals surface area contributed by atoms with Crippen LogP contribution < -0.4 is 8.92 Å². The van der Waals surface area contributed by atoms with E-state index in [-0.39, 0.29) is 12.2 Å². The van der Waals surface area contributed by atoms with Crippen molar-refractivity contribution in [1.82, 2.24) is 0 Å².